The van der Waals surface area contributed by atoms with E-state index < -0.39 is 0 Å². The Kier molecular flexibility index (Phi) is 5.67. The Morgan fingerprint density at radius 2 is 0.969 bits per heavy atom. The van der Waals surface area contributed by atoms with Crippen molar-refractivity contribution in [1.82, 2.24) is 0 Å². The molecule has 0 unspecified atom stereocenters. The first-order valence-corrected chi connectivity index (χ1v) is 12.0. The second kappa shape index (κ2) is 8.05. The number of hydrogen-bond donors (Lipinski definition) is 0. The highest BCUT2D eigenvalue weighted by Crippen LogP contribution is 2.62. The molecule has 0 aliphatic heterocycles. The van der Waals surface area contributed by atoms with Crippen LogP contribution < -0.4 is 0 Å². The molecule has 0 saturated heterocycles. The van der Waals surface area contributed by atoms with Crippen molar-refractivity contribution in [2.75, 3.05) is 0 Å². The van der Waals surface area contributed by atoms with Crippen LogP contribution in [0, 0.1) is 0 Å². The van der Waals surface area contributed by atoms with E-state index in [0.29, 0.717) is 0 Å². The van der Waals surface area contributed by atoms with Gasteiger partial charge in [-0.3, -0.25) is 0 Å². The average molecular weight is 483 g/mol. The molecule has 0 amide bonds. The van der Waals surface area contributed by atoms with Gasteiger partial charge in [-0.05, 0) is 56.6 Å². The molecular formula is C31H31Br. The quantitative estimate of drug-likeness (QED) is 0.206. The van der Waals surface area contributed by atoms with Gasteiger partial charge < -0.3 is 0 Å². The van der Waals surface area contributed by atoms with E-state index in [1.807, 2.05) is 13.8 Å². The van der Waals surface area contributed by atoms with Crippen LogP contribution in [0.15, 0.2) is 95.5 Å². The zero-order chi connectivity index (χ0) is 21.8. The van der Waals surface area contributed by atoms with E-state index in [2.05, 4.69) is 121 Å². The van der Waals surface area contributed by atoms with Gasteiger partial charge in [-0.2, -0.15) is 0 Å². The van der Waals surface area contributed by atoms with Crippen molar-refractivity contribution in [2.45, 2.75) is 46.0 Å². The molecule has 0 atom stereocenters. The highest BCUT2D eigenvalue weighted by Gasteiger charge is 2.53. The summed E-state index contributed by atoms with van der Waals surface area (Å²) in [6.07, 6.45) is 0. The molecule has 0 N–H and O–H groups in total. The van der Waals surface area contributed by atoms with E-state index in [0.717, 1.165) is 4.47 Å². The van der Waals surface area contributed by atoms with Gasteiger partial charge in [-0.1, -0.05) is 130 Å². The van der Waals surface area contributed by atoms with Crippen LogP contribution in [0.25, 0.3) is 11.1 Å². The van der Waals surface area contributed by atoms with E-state index in [9.17, 15) is 0 Å². The fraction of sp³-hybridized carbons (Fsp3) is 0.226. The summed E-state index contributed by atoms with van der Waals surface area (Å²) in [6, 6.07) is 33.8. The molecule has 32 heavy (non-hydrogen) atoms. The third-order valence-corrected chi connectivity index (χ3v) is 7.51. The fourth-order valence-corrected chi connectivity index (χ4v) is 6.19. The van der Waals surface area contributed by atoms with Gasteiger partial charge in [0.15, 0.2) is 0 Å². The smallest absolute Gasteiger partial charge is 0.0719 e. The Hall–Kier alpha value is -2.64. The first kappa shape index (κ1) is 22.6. The summed E-state index contributed by atoms with van der Waals surface area (Å²) in [5.74, 6) is 0. The Morgan fingerprint density at radius 3 is 1.53 bits per heavy atom. The third kappa shape index (κ3) is 2.74. The van der Waals surface area contributed by atoms with Crippen LogP contribution in [0.4, 0.5) is 0 Å². The predicted octanol–water partition coefficient (Wildman–Crippen LogP) is 9.11. The topological polar surface area (TPSA) is 0 Å². The molecule has 2 aliphatic rings. The summed E-state index contributed by atoms with van der Waals surface area (Å²) >= 11 is 3.78. The second-order valence-corrected chi connectivity index (χ2v) is 9.62. The maximum absolute atomic E-state index is 3.78. The minimum atomic E-state index is -0.279. The third-order valence-electron chi connectivity index (χ3n) is 7.02. The largest absolute Gasteiger partial charge is 0.0776 e. The lowest BCUT2D eigenvalue weighted by molar-refractivity contribution is 0.563. The first-order valence-electron chi connectivity index (χ1n) is 11.2. The van der Waals surface area contributed by atoms with Crippen molar-refractivity contribution >= 4 is 15.9 Å². The number of rotatable bonds is 0. The monoisotopic (exact) mass is 482 g/mol. The van der Waals surface area contributed by atoms with Gasteiger partial charge in [0.05, 0.1) is 5.41 Å². The zero-order valence-corrected chi connectivity index (χ0v) is 20.1. The summed E-state index contributed by atoms with van der Waals surface area (Å²) < 4.78 is 1.13. The van der Waals surface area contributed by atoms with Gasteiger partial charge in [-0.15, -0.1) is 0 Å². The number of benzene rings is 4. The van der Waals surface area contributed by atoms with E-state index in [1.165, 1.54) is 44.5 Å². The van der Waals surface area contributed by atoms with Crippen LogP contribution >= 0.6 is 15.9 Å². The number of hydrogen-bond acceptors (Lipinski definition) is 0. The summed E-state index contributed by atoms with van der Waals surface area (Å²) in [4.78, 5) is 0. The van der Waals surface area contributed by atoms with Crippen molar-refractivity contribution in [3.05, 3.63) is 129 Å². The molecule has 6 rings (SSSR count). The lowest BCUT2D eigenvalue weighted by Crippen LogP contribution is -2.40. The molecule has 4 aromatic rings. The highest BCUT2D eigenvalue weighted by molar-refractivity contribution is 9.10. The molecule has 0 heterocycles. The molecule has 0 fully saturated rings. The normalized spacial score (nSPS) is 15.3. The van der Waals surface area contributed by atoms with Crippen LogP contribution in [0.1, 0.15) is 68.5 Å². The van der Waals surface area contributed by atoms with Crippen molar-refractivity contribution in [3.8, 4) is 11.1 Å². The van der Waals surface area contributed by atoms with Gasteiger partial charge in [0.2, 0.25) is 0 Å². The van der Waals surface area contributed by atoms with Gasteiger partial charge in [0.1, 0.15) is 0 Å². The molecule has 1 heteroatoms. The van der Waals surface area contributed by atoms with Crippen molar-refractivity contribution in [3.63, 3.8) is 0 Å². The van der Waals surface area contributed by atoms with Crippen LogP contribution in [0.5, 0.6) is 0 Å². The van der Waals surface area contributed by atoms with E-state index in [4.69, 9.17) is 0 Å². The van der Waals surface area contributed by atoms with Crippen LogP contribution in [0.3, 0.4) is 0 Å². The molecule has 4 aromatic carbocycles. The predicted molar refractivity (Wildman–Crippen MR) is 142 cm³/mol. The van der Waals surface area contributed by atoms with Crippen LogP contribution in [-0.2, 0) is 10.8 Å². The van der Waals surface area contributed by atoms with Gasteiger partial charge in [0, 0.05) is 9.89 Å². The minimum absolute atomic E-state index is 0. The van der Waals surface area contributed by atoms with Crippen molar-refractivity contribution in [1.29, 1.82) is 0 Å². The fourth-order valence-electron chi connectivity index (χ4n) is 5.83. The maximum atomic E-state index is 3.78. The summed E-state index contributed by atoms with van der Waals surface area (Å²) in [5, 5.41) is 0. The van der Waals surface area contributed by atoms with E-state index in [-0.39, 0.29) is 18.3 Å². The van der Waals surface area contributed by atoms with E-state index in [1.54, 1.807) is 0 Å². The van der Waals surface area contributed by atoms with Crippen LogP contribution in [-0.4, -0.2) is 0 Å². The molecule has 0 bridgehead atoms. The Bertz CT molecular complexity index is 1250. The van der Waals surface area contributed by atoms with Crippen molar-refractivity contribution < 1.29 is 0 Å². The maximum Gasteiger partial charge on any atom is 0.0719 e. The summed E-state index contributed by atoms with van der Waals surface area (Å²) in [5.41, 5.74) is 10.8. The molecular weight excluding hydrogens is 452 g/mol. The van der Waals surface area contributed by atoms with Gasteiger partial charge in [0.25, 0.3) is 0 Å². The molecule has 162 valence electrons. The lowest BCUT2D eigenvalue weighted by atomic mass is 9.55. The molecule has 0 aromatic heterocycles. The summed E-state index contributed by atoms with van der Waals surface area (Å²) in [7, 11) is 0. The minimum Gasteiger partial charge on any atom is -0.0776 e. The molecule has 0 radical (unpaired) electrons. The Labute approximate surface area is 201 Å². The van der Waals surface area contributed by atoms with Crippen molar-refractivity contribution in [2.24, 2.45) is 0 Å². The number of fused-ring (bicyclic) bond motifs is 9. The van der Waals surface area contributed by atoms with Gasteiger partial charge in [-0.25, -0.2) is 0 Å². The van der Waals surface area contributed by atoms with Gasteiger partial charge >= 0.3 is 0 Å². The molecule has 0 nitrogen and oxygen atoms in total. The second-order valence-electron chi connectivity index (χ2n) is 8.70. The highest BCUT2D eigenvalue weighted by atomic mass is 79.9. The number of halogens is 1. The Balaban J connectivity index is 0.000000796. The standard InChI is InChI=1S/C28H21Br.C2H6.CH4/c1-27(2)23-13-7-8-14-25(23)28(26-17-18(29)15-16-24(26)27)21-11-5-3-9-19(21)20-10-4-6-12-22(20)28;1-2;/h3-17H,1-2H3;1-2H3;1H4. The summed E-state index contributed by atoms with van der Waals surface area (Å²) in [6.45, 7) is 8.72. The Morgan fingerprint density at radius 1 is 0.531 bits per heavy atom. The zero-order valence-electron chi connectivity index (χ0n) is 18.5. The SMILES string of the molecule is C.CC.CC1(C)c2ccccc2C2(c3ccccc3-c3ccccc32)c2cc(Br)ccc21. The van der Waals surface area contributed by atoms with Crippen LogP contribution in [0.2, 0.25) is 0 Å². The molecule has 2 aliphatic carbocycles. The molecule has 0 saturated carbocycles. The lowest BCUT2D eigenvalue weighted by Gasteiger charge is -2.46. The van der Waals surface area contributed by atoms with E-state index >= 15 is 0 Å². The molecule has 1 spiro atoms. The first-order chi connectivity index (χ1) is 15.1. The average Bonchev–Trinajstić information content (AvgIpc) is 3.11.